The molecule has 1 aliphatic carbocycles. The molecule has 10 heteroatoms. The zero-order chi connectivity index (χ0) is 26.3. The van der Waals surface area contributed by atoms with Crippen LogP contribution in [0.1, 0.15) is 37.0 Å². The van der Waals surface area contributed by atoms with Crippen molar-refractivity contribution in [1.29, 1.82) is 0 Å². The van der Waals surface area contributed by atoms with Crippen molar-refractivity contribution in [3.63, 3.8) is 0 Å². The Hall–Kier alpha value is -4.99. The number of aromatic nitrogens is 3. The first-order chi connectivity index (χ1) is 18.5. The normalized spacial score (nSPS) is 14.7. The van der Waals surface area contributed by atoms with Crippen LogP contribution in [0.5, 0.6) is 0 Å². The van der Waals surface area contributed by atoms with Crippen molar-refractivity contribution in [3.8, 4) is 22.5 Å². The predicted octanol–water partition coefficient (Wildman–Crippen LogP) is 5.97. The number of carbonyl (C=O) groups is 2. The second-order valence-corrected chi connectivity index (χ2v) is 9.24. The van der Waals surface area contributed by atoms with E-state index in [2.05, 4.69) is 20.8 Å². The summed E-state index contributed by atoms with van der Waals surface area (Å²) in [6, 6.07) is 20.4. The third kappa shape index (κ3) is 4.05. The van der Waals surface area contributed by atoms with Crippen LogP contribution in [0.25, 0.3) is 33.5 Å². The number of ether oxygens (including phenoxy) is 1. The van der Waals surface area contributed by atoms with Gasteiger partial charge in [0.05, 0.1) is 17.2 Å². The number of carboxylic acid groups (broad SMARTS) is 1. The van der Waals surface area contributed by atoms with Crippen molar-refractivity contribution in [2.75, 3.05) is 5.32 Å². The highest BCUT2D eigenvalue weighted by Crippen LogP contribution is 2.49. The number of amides is 1. The quantitative estimate of drug-likeness (QED) is 0.271. The van der Waals surface area contributed by atoms with E-state index in [1.54, 1.807) is 13.0 Å². The summed E-state index contributed by atoms with van der Waals surface area (Å²) in [4.78, 5) is 24.3. The molecular formula is C28H22N4O6. The van der Waals surface area contributed by atoms with Gasteiger partial charge in [0.15, 0.2) is 5.76 Å². The highest BCUT2D eigenvalue weighted by Gasteiger charge is 2.51. The van der Waals surface area contributed by atoms with E-state index in [-0.39, 0.29) is 5.76 Å². The van der Waals surface area contributed by atoms with Gasteiger partial charge in [0.25, 0.3) is 0 Å². The predicted molar refractivity (Wildman–Crippen MR) is 136 cm³/mol. The van der Waals surface area contributed by atoms with Gasteiger partial charge in [0, 0.05) is 5.56 Å². The molecule has 1 amide bonds. The number of fused-ring (bicyclic) bond motifs is 1. The first-order valence-electron chi connectivity index (χ1n) is 12.0. The fraction of sp³-hybridized carbons (Fsp3) is 0.179. The Morgan fingerprint density at radius 3 is 2.34 bits per heavy atom. The van der Waals surface area contributed by atoms with Crippen LogP contribution in [0, 0.1) is 0 Å². The van der Waals surface area contributed by atoms with Gasteiger partial charge in [-0.05, 0) is 52.8 Å². The maximum atomic E-state index is 12.6. The number of hydrogen-bond donors (Lipinski definition) is 2. The number of benzene rings is 3. The maximum absolute atomic E-state index is 12.6. The lowest BCUT2D eigenvalue weighted by molar-refractivity contribution is -0.140. The van der Waals surface area contributed by atoms with E-state index in [0.29, 0.717) is 35.1 Å². The molecule has 6 rings (SSSR count). The monoisotopic (exact) mass is 510 g/mol. The van der Waals surface area contributed by atoms with Gasteiger partial charge in [-0.2, -0.15) is 0 Å². The smallest absolute Gasteiger partial charge is 0.412 e. The van der Waals surface area contributed by atoms with Gasteiger partial charge < -0.3 is 14.4 Å². The summed E-state index contributed by atoms with van der Waals surface area (Å²) in [5, 5.41) is 24.2. The number of anilines is 1. The molecule has 0 spiro atoms. The Labute approximate surface area is 216 Å². The van der Waals surface area contributed by atoms with Crippen molar-refractivity contribution in [3.05, 3.63) is 84.1 Å². The molecule has 0 aliphatic heterocycles. The number of nitrogens with one attached hydrogen (secondary N) is 1. The van der Waals surface area contributed by atoms with Gasteiger partial charge in [0.1, 0.15) is 22.8 Å². The lowest BCUT2D eigenvalue weighted by Gasteiger charge is -2.14. The van der Waals surface area contributed by atoms with E-state index in [0.717, 1.165) is 22.3 Å². The standard InChI is InChI=1S/C28H22N4O6/c1-16(17-5-3-2-4-6-17)36-27(35)30-22-15-29-37-25(22)21-12-11-20(23-24(21)32-38-31-23)18-7-9-19(10-8-18)28(13-14-28)26(33)34/h2-12,15-16H,13-14H2,1H3,(H,30,35)(H,33,34). The lowest BCUT2D eigenvalue weighted by Crippen LogP contribution is -2.19. The highest BCUT2D eigenvalue weighted by molar-refractivity contribution is 6.02. The van der Waals surface area contributed by atoms with Gasteiger partial charge in [-0.1, -0.05) is 65.8 Å². The molecule has 5 aromatic rings. The molecule has 190 valence electrons. The minimum absolute atomic E-state index is 0.272. The first-order valence-corrected chi connectivity index (χ1v) is 12.0. The minimum Gasteiger partial charge on any atom is -0.481 e. The second kappa shape index (κ2) is 9.15. The minimum atomic E-state index is -0.799. The van der Waals surface area contributed by atoms with E-state index in [1.807, 2.05) is 60.7 Å². The molecule has 0 radical (unpaired) electrons. The van der Waals surface area contributed by atoms with E-state index < -0.39 is 23.6 Å². The molecule has 0 saturated heterocycles. The number of nitrogens with zero attached hydrogens (tertiary/aromatic N) is 3. The molecule has 1 unspecified atom stereocenters. The molecule has 3 aromatic carbocycles. The third-order valence-electron chi connectivity index (χ3n) is 6.93. The highest BCUT2D eigenvalue weighted by atomic mass is 16.6. The summed E-state index contributed by atoms with van der Waals surface area (Å²) in [5.41, 5.74) is 4.18. The van der Waals surface area contributed by atoms with Gasteiger partial charge in [-0.15, -0.1) is 0 Å². The van der Waals surface area contributed by atoms with Crippen molar-refractivity contribution < 1.29 is 28.6 Å². The van der Waals surface area contributed by atoms with Crippen LogP contribution in [-0.4, -0.2) is 32.6 Å². The van der Waals surface area contributed by atoms with Crippen LogP contribution in [0.2, 0.25) is 0 Å². The summed E-state index contributed by atoms with van der Waals surface area (Å²) < 4.78 is 16.0. The van der Waals surface area contributed by atoms with E-state index in [1.165, 1.54) is 6.20 Å². The first kappa shape index (κ1) is 23.4. The lowest BCUT2D eigenvalue weighted by atomic mass is 9.93. The summed E-state index contributed by atoms with van der Waals surface area (Å²) in [6.45, 7) is 1.78. The zero-order valence-corrected chi connectivity index (χ0v) is 20.2. The summed E-state index contributed by atoms with van der Waals surface area (Å²) in [6.07, 6.45) is 1.54. The summed E-state index contributed by atoms with van der Waals surface area (Å²) in [7, 11) is 0. The number of hydrogen-bond acceptors (Lipinski definition) is 8. The Kier molecular flexibility index (Phi) is 5.64. The summed E-state index contributed by atoms with van der Waals surface area (Å²) >= 11 is 0. The Morgan fingerprint density at radius 1 is 0.974 bits per heavy atom. The summed E-state index contributed by atoms with van der Waals surface area (Å²) in [5.74, 6) is -0.526. The fourth-order valence-electron chi connectivity index (χ4n) is 4.62. The molecule has 2 N–H and O–H groups in total. The molecule has 2 aromatic heterocycles. The van der Waals surface area contributed by atoms with Gasteiger partial charge in [-0.3, -0.25) is 10.1 Å². The van der Waals surface area contributed by atoms with E-state index in [9.17, 15) is 14.7 Å². The Balaban J connectivity index is 1.26. The molecule has 2 heterocycles. The Bertz CT molecular complexity index is 1640. The molecule has 1 aliphatic rings. The maximum Gasteiger partial charge on any atom is 0.412 e. The average molecular weight is 511 g/mol. The number of carbonyl (C=O) groups excluding carboxylic acids is 1. The molecular weight excluding hydrogens is 488 g/mol. The van der Waals surface area contributed by atoms with E-state index in [4.69, 9.17) is 13.9 Å². The van der Waals surface area contributed by atoms with Gasteiger partial charge in [0.2, 0.25) is 0 Å². The largest absolute Gasteiger partial charge is 0.481 e. The van der Waals surface area contributed by atoms with Crippen molar-refractivity contribution in [1.82, 2.24) is 15.5 Å². The number of carboxylic acids is 1. The van der Waals surface area contributed by atoms with Crippen molar-refractivity contribution in [2.24, 2.45) is 0 Å². The fourth-order valence-corrected chi connectivity index (χ4v) is 4.62. The molecule has 1 fully saturated rings. The molecule has 1 saturated carbocycles. The second-order valence-electron chi connectivity index (χ2n) is 9.24. The molecule has 1 atom stereocenters. The average Bonchev–Trinajstić information content (AvgIpc) is 3.38. The number of aliphatic carboxylic acids is 1. The van der Waals surface area contributed by atoms with Crippen LogP contribution in [0.3, 0.4) is 0 Å². The van der Waals surface area contributed by atoms with Gasteiger partial charge in [-0.25, -0.2) is 9.42 Å². The number of rotatable bonds is 7. The topological polar surface area (TPSA) is 141 Å². The molecule has 10 nitrogen and oxygen atoms in total. The van der Waals surface area contributed by atoms with Crippen LogP contribution < -0.4 is 5.32 Å². The third-order valence-corrected chi connectivity index (χ3v) is 6.93. The van der Waals surface area contributed by atoms with Crippen LogP contribution in [0.15, 0.2) is 82.1 Å². The van der Waals surface area contributed by atoms with Crippen LogP contribution in [0.4, 0.5) is 10.5 Å². The van der Waals surface area contributed by atoms with Crippen molar-refractivity contribution >= 4 is 28.8 Å². The van der Waals surface area contributed by atoms with Crippen molar-refractivity contribution in [2.45, 2.75) is 31.3 Å². The van der Waals surface area contributed by atoms with E-state index >= 15 is 0 Å². The molecule has 0 bridgehead atoms. The van der Waals surface area contributed by atoms with Gasteiger partial charge >= 0.3 is 12.1 Å². The zero-order valence-electron chi connectivity index (χ0n) is 20.2. The molecule has 38 heavy (non-hydrogen) atoms. The van der Waals surface area contributed by atoms with Crippen LogP contribution in [-0.2, 0) is 14.9 Å². The van der Waals surface area contributed by atoms with Crippen LogP contribution >= 0.6 is 0 Å². The Morgan fingerprint density at radius 2 is 1.66 bits per heavy atom. The SMILES string of the molecule is CC(OC(=O)Nc1cnoc1-c1ccc(-c2ccc(C3(C(=O)O)CC3)cc2)c2nonc12)c1ccccc1.